The monoisotopic (exact) mass is 255 g/mol. The summed E-state index contributed by atoms with van der Waals surface area (Å²) in [6.45, 7) is 5.81. The molecule has 0 aromatic heterocycles. The fourth-order valence-electron chi connectivity index (χ4n) is 1.08. The molecule has 5 heteroatoms. The van der Waals surface area contributed by atoms with E-state index in [1.807, 2.05) is 23.9 Å². The molecule has 0 aliphatic heterocycles. The number of nitrogens with one attached hydrogen (secondary N) is 1. The lowest BCUT2D eigenvalue weighted by atomic mass is 10.3. The number of anilines is 1. The molecule has 0 spiro atoms. The van der Waals surface area contributed by atoms with Crippen LogP contribution in [0.2, 0.25) is 0 Å². The molecule has 0 amide bonds. The van der Waals surface area contributed by atoms with E-state index < -0.39 is 0 Å². The summed E-state index contributed by atoms with van der Waals surface area (Å²) in [5, 5.41) is 3.28. The summed E-state index contributed by atoms with van der Waals surface area (Å²) in [6, 6.07) is 8.19. The molecule has 1 N–H and O–H groups in total. The average molecular weight is 256 g/mol. The van der Waals surface area contributed by atoms with E-state index in [1.165, 1.54) is 4.90 Å². The molecule has 0 radical (unpaired) electrons. The second-order valence-electron chi connectivity index (χ2n) is 2.88. The second kappa shape index (κ2) is 7.30. The SMILES string of the molecule is C=N/C(Cl)=N\CNc1ccc(SCC)cc1. The van der Waals surface area contributed by atoms with Crippen molar-refractivity contribution in [2.75, 3.05) is 17.7 Å². The lowest BCUT2D eigenvalue weighted by Gasteiger charge is -2.04. The molecule has 1 aromatic rings. The van der Waals surface area contributed by atoms with Crippen molar-refractivity contribution in [3.63, 3.8) is 0 Å². The zero-order valence-corrected chi connectivity index (χ0v) is 10.7. The first-order valence-electron chi connectivity index (χ1n) is 4.89. The summed E-state index contributed by atoms with van der Waals surface area (Å²) in [5.41, 5.74) is 1.01. The van der Waals surface area contributed by atoms with Crippen LogP contribution in [0.5, 0.6) is 0 Å². The van der Waals surface area contributed by atoms with Crippen LogP contribution >= 0.6 is 23.4 Å². The summed E-state index contributed by atoms with van der Waals surface area (Å²) in [7, 11) is 0. The number of rotatable bonds is 5. The van der Waals surface area contributed by atoms with Gasteiger partial charge in [0.2, 0.25) is 5.29 Å². The number of hydrogen-bond acceptors (Lipinski definition) is 3. The van der Waals surface area contributed by atoms with E-state index in [2.05, 4.69) is 41.1 Å². The van der Waals surface area contributed by atoms with Crippen molar-refractivity contribution < 1.29 is 0 Å². The molecule has 0 heterocycles. The third kappa shape index (κ3) is 4.68. The van der Waals surface area contributed by atoms with Crippen molar-refractivity contribution in [3.8, 4) is 0 Å². The van der Waals surface area contributed by atoms with Crippen molar-refractivity contribution in [2.24, 2.45) is 9.98 Å². The van der Waals surface area contributed by atoms with Gasteiger partial charge in [-0.15, -0.1) is 11.8 Å². The third-order valence-electron chi connectivity index (χ3n) is 1.79. The Morgan fingerprint density at radius 1 is 1.44 bits per heavy atom. The number of amidine groups is 1. The van der Waals surface area contributed by atoms with Crippen molar-refractivity contribution >= 4 is 41.1 Å². The predicted octanol–water partition coefficient (Wildman–Crippen LogP) is 3.46. The highest BCUT2D eigenvalue weighted by Gasteiger charge is 1.93. The zero-order chi connectivity index (χ0) is 11.8. The van der Waals surface area contributed by atoms with Crippen molar-refractivity contribution in [3.05, 3.63) is 24.3 Å². The highest BCUT2D eigenvalue weighted by atomic mass is 35.5. The Hall–Kier alpha value is -1.00. The van der Waals surface area contributed by atoms with Gasteiger partial charge in [-0.05, 0) is 48.3 Å². The average Bonchev–Trinajstić information content (AvgIpc) is 2.31. The minimum atomic E-state index is 0.172. The van der Waals surface area contributed by atoms with Crippen LogP contribution in [0, 0.1) is 0 Å². The minimum absolute atomic E-state index is 0.172. The van der Waals surface area contributed by atoms with Crippen LogP contribution in [0.3, 0.4) is 0 Å². The summed E-state index contributed by atoms with van der Waals surface area (Å²) >= 11 is 7.39. The summed E-state index contributed by atoms with van der Waals surface area (Å²) in [5.74, 6) is 1.08. The van der Waals surface area contributed by atoms with Crippen molar-refractivity contribution in [1.29, 1.82) is 0 Å². The summed E-state index contributed by atoms with van der Waals surface area (Å²) in [4.78, 5) is 8.68. The topological polar surface area (TPSA) is 36.8 Å². The maximum Gasteiger partial charge on any atom is 0.218 e. The van der Waals surface area contributed by atoms with Crippen molar-refractivity contribution in [2.45, 2.75) is 11.8 Å². The molecule has 1 rings (SSSR count). The smallest absolute Gasteiger partial charge is 0.218 e. The molecule has 1 aromatic carbocycles. The first kappa shape index (κ1) is 13.1. The Balaban J connectivity index is 2.46. The maximum atomic E-state index is 5.58. The number of benzene rings is 1. The van der Waals surface area contributed by atoms with E-state index in [0.29, 0.717) is 6.67 Å². The molecule has 0 bridgehead atoms. The number of halogens is 1. The van der Waals surface area contributed by atoms with E-state index in [0.717, 1.165) is 11.4 Å². The normalized spacial score (nSPS) is 11.2. The Morgan fingerprint density at radius 2 is 2.12 bits per heavy atom. The fourth-order valence-corrected chi connectivity index (χ4v) is 1.80. The number of nitrogens with zero attached hydrogens (tertiary/aromatic N) is 2. The highest BCUT2D eigenvalue weighted by Crippen LogP contribution is 2.19. The van der Waals surface area contributed by atoms with E-state index in [4.69, 9.17) is 11.6 Å². The lowest BCUT2D eigenvalue weighted by molar-refractivity contribution is 1.14. The molecule has 0 saturated carbocycles. The first-order valence-corrected chi connectivity index (χ1v) is 6.26. The van der Waals surface area contributed by atoms with Crippen LogP contribution < -0.4 is 5.32 Å². The predicted molar refractivity (Wildman–Crippen MR) is 74.2 cm³/mol. The zero-order valence-electron chi connectivity index (χ0n) is 9.11. The van der Waals surface area contributed by atoms with Gasteiger partial charge in [-0.25, -0.2) is 9.98 Å². The molecule has 16 heavy (non-hydrogen) atoms. The van der Waals surface area contributed by atoms with Gasteiger partial charge in [0.05, 0.1) is 0 Å². The van der Waals surface area contributed by atoms with E-state index in [1.54, 1.807) is 0 Å². The first-order chi connectivity index (χ1) is 7.76. The van der Waals surface area contributed by atoms with Crippen LogP contribution in [-0.4, -0.2) is 24.4 Å². The Labute approximate surface area is 105 Å². The molecular formula is C11H14ClN3S. The fraction of sp³-hybridized carbons (Fsp3) is 0.273. The van der Waals surface area contributed by atoms with Crippen LogP contribution in [0.4, 0.5) is 5.69 Å². The van der Waals surface area contributed by atoms with Gasteiger partial charge in [-0.2, -0.15) is 0 Å². The van der Waals surface area contributed by atoms with E-state index >= 15 is 0 Å². The third-order valence-corrected chi connectivity index (χ3v) is 2.92. The van der Waals surface area contributed by atoms with Crippen molar-refractivity contribution in [1.82, 2.24) is 0 Å². The second-order valence-corrected chi connectivity index (χ2v) is 4.55. The van der Waals surface area contributed by atoms with E-state index in [-0.39, 0.29) is 5.29 Å². The van der Waals surface area contributed by atoms with Gasteiger partial charge in [0.15, 0.2) is 0 Å². The van der Waals surface area contributed by atoms with Gasteiger partial charge in [0, 0.05) is 10.6 Å². The van der Waals surface area contributed by atoms with Crippen LogP contribution in [-0.2, 0) is 0 Å². The number of thioether (sulfide) groups is 1. The molecule has 3 nitrogen and oxygen atoms in total. The molecule has 0 atom stereocenters. The highest BCUT2D eigenvalue weighted by molar-refractivity contribution is 7.99. The Bertz CT molecular complexity index is 362. The summed E-state index contributed by atoms with van der Waals surface area (Å²) < 4.78 is 0. The quantitative estimate of drug-likeness (QED) is 0.379. The Kier molecular flexibility index (Phi) is 5.96. The maximum absolute atomic E-state index is 5.58. The van der Waals surface area contributed by atoms with Gasteiger partial charge in [0.25, 0.3) is 0 Å². The van der Waals surface area contributed by atoms with Gasteiger partial charge in [-0.3, -0.25) is 0 Å². The van der Waals surface area contributed by atoms with Crippen LogP contribution in [0.15, 0.2) is 39.1 Å². The van der Waals surface area contributed by atoms with Gasteiger partial charge >= 0.3 is 0 Å². The largest absolute Gasteiger partial charge is 0.366 e. The number of hydrogen-bond donors (Lipinski definition) is 1. The molecule has 0 aliphatic carbocycles. The molecule has 0 unspecified atom stereocenters. The molecule has 0 saturated heterocycles. The Morgan fingerprint density at radius 3 is 2.69 bits per heavy atom. The standard InChI is InChI=1S/C11H14ClN3S/c1-3-16-10-6-4-9(5-7-10)14-8-15-11(12)13-2/h4-7,14H,2-3,8H2,1H3/b15-11-. The van der Waals surface area contributed by atoms with Gasteiger partial charge in [-0.1, -0.05) is 6.92 Å². The van der Waals surface area contributed by atoms with Gasteiger partial charge in [0.1, 0.15) is 6.67 Å². The molecule has 0 fully saturated rings. The summed E-state index contributed by atoms with van der Waals surface area (Å²) in [6.07, 6.45) is 0. The minimum Gasteiger partial charge on any atom is -0.366 e. The van der Waals surface area contributed by atoms with E-state index in [9.17, 15) is 0 Å². The van der Waals surface area contributed by atoms with Crippen LogP contribution in [0.1, 0.15) is 6.92 Å². The molecule has 0 aliphatic rings. The van der Waals surface area contributed by atoms with Gasteiger partial charge < -0.3 is 5.32 Å². The number of aliphatic imine (C=N–C) groups is 2. The molecule has 86 valence electrons. The lowest BCUT2D eigenvalue weighted by Crippen LogP contribution is -1.99. The van der Waals surface area contributed by atoms with Crippen LogP contribution in [0.25, 0.3) is 0 Å². The molecular weight excluding hydrogens is 242 g/mol.